The van der Waals surface area contributed by atoms with E-state index in [-0.39, 0.29) is 5.03 Å². The molecule has 1 aromatic carbocycles. The number of primary sulfonamides is 1. The van der Waals surface area contributed by atoms with Crippen LogP contribution in [-0.4, -0.2) is 24.6 Å². The second kappa shape index (κ2) is 5.72. The molecular formula is C11H12BrN3O3S. The van der Waals surface area contributed by atoms with Crippen molar-refractivity contribution in [2.75, 3.05) is 6.61 Å². The van der Waals surface area contributed by atoms with Crippen LogP contribution in [0.2, 0.25) is 0 Å². The van der Waals surface area contributed by atoms with Crippen LogP contribution in [0.5, 0.6) is 5.75 Å². The Labute approximate surface area is 119 Å². The Morgan fingerprint density at radius 1 is 1.32 bits per heavy atom. The van der Waals surface area contributed by atoms with Crippen LogP contribution < -0.4 is 9.88 Å². The summed E-state index contributed by atoms with van der Waals surface area (Å²) in [4.78, 5) is 3.71. The van der Waals surface area contributed by atoms with Crippen molar-refractivity contribution >= 4 is 26.0 Å². The Balaban J connectivity index is 1.89. The van der Waals surface area contributed by atoms with Crippen LogP contribution in [0.25, 0.3) is 0 Å². The van der Waals surface area contributed by atoms with E-state index < -0.39 is 10.0 Å². The largest absolute Gasteiger partial charge is 0.492 e. The molecule has 8 heteroatoms. The Bertz CT molecular complexity index is 652. The minimum absolute atomic E-state index is 0.142. The van der Waals surface area contributed by atoms with Crippen molar-refractivity contribution in [3.63, 3.8) is 0 Å². The third-order valence-electron chi connectivity index (χ3n) is 2.33. The summed E-state index contributed by atoms with van der Waals surface area (Å²) in [6.45, 7) is 0.890. The first-order valence-corrected chi connectivity index (χ1v) is 7.72. The molecule has 0 saturated heterocycles. The number of benzene rings is 1. The summed E-state index contributed by atoms with van der Waals surface area (Å²) in [5.74, 6) is 0.745. The van der Waals surface area contributed by atoms with Gasteiger partial charge in [0, 0.05) is 10.7 Å². The van der Waals surface area contributed by atoms with E-state index in [9.17, 15) is 8.42 Å². The van der Waals surface area contributed by atoms with Crippen LogP contribution >= 0.6 is 15.9 Å². The van der Waals surface area contributed by atoms with Gasteiger partial charge in [-0.15, -0.1) is 0 Å². The van der Waals surface area contributed by atoms with Crippen LogP contribution in [0.3, 0.4) is 0 Å². The van der Waals surface area contributed by atoms with Crippen molar-refractivity contribution in [2.24, 2.45) is 5.14 Å². The molecule has 1 heterocycles. The number of rotatable bonds is 5. The van der Waals surface area contributed by atoms with E-state index in [1.54, 1.807) is 4.57 Å². The lowest BCUT2D eigenvalue weighted by atomic mass is 10.3. The molecule has 0 bridgehead atoms. The molecule has 0 fully saturated rings. The summed E-state index contributed by atoms with van der Waals surface area (Å²) in [7, 11) is -3.74. The molecule has 2 N–H and O–H groups in total. The number of hydrogen-bond donors (Lipinski definition) is 1. The summed E-state index contributed by atoms with van der Waals surface area (Å²) >= 11 is 3.33. The molecule has 0 aliphatic rings. The van der Waals surface area contributed by atoms with Crippen LogP contribution in [0.15, 0.2) is 46.3 Å². The maximum absolute atomic E-state index is 11.0. The van der Waals surface area contributed by atoms with E-state index in [1.807, 2.05) is 24.3 Å². The molecule has 102 valence electrons. The Hall–Kier alpha value is -1.38. The Morgan fingerprint density at radius 2 is 2.00 bits per heavy atom. The average Bonchev–Trinajstić information content (AvgIpc) is 2.80. The van der Waals surface area contributed by atoms with Gasteiger partial charge in [0.15, 0.2) is 5.03 Å². The van der Waals surface area contributed by atoms with Gasteiger partial charge in [-0.2, -0.15) is 0 Å². The SMILES string of the molecule is NS(=O)(=O)c1cn(CCOc2ccc(Br)cc2)cn1. The molecule has 0 atom stereocenters. The Kier molecular flexibility index (Phi) is 4.23. The van der Waals surface area contributed by atoms with Gasteiger partial charge in [0.2, 0.25) is 0 Å². The van der Waals surface area contributed by atoms with Crippen LogP contribution in [0.1, 0.15) is 0 Å². The van der Waals surface area contributed by atoms with Gasteiger partial charge in [0.1, 0.15) is 12.4 Å². The molecule has 0 aliphatic carbocycles. The number of sulfonamides is 1. The highest BCUT2D eigenvalue weighted by Gasteiger charge is 2.10. The molecule has 19 heavy (non-hydrogen) atoms. The minimum atomic E-state index is -3.74. The normalized spacial score (nSPS) is 11.5. The number of aromatic nitrogens is 2. The van der Waals surface area contributed by atoms with E-state index in [0.29, 0.717) is 13.2 Å². The summed E-state index contributed by atoms with van der Waals surface area (Å²) in [6.07, 6.45) is 2.78. The summed E-state index contributed by atoms with van der Waals surface area (Å²) in [5.41, 5.74) is 0. The fraction of sp³-hybridized carbons (Fsp3) is 0.182. The smallest absolute Gasteiger partial charge is 0.257 e. The molecule has 2 rings (SSSR count). The first-order valence-electron chi connectivity index (χ1n) is 5.38. The number of ether oxygens (including phenoxy) is 1. The number of halogens is 1. The second-order valence-corrected chi connectivity index (χ2v) is 6.22. The fourth-order valence-corrected chi connectivity index (χ4v) is 2.15. The molecule has 0 aliphatic heterocycles. The van der Waals surface area contributed by atoms with E-state index in [0.717, 1.165) is 10.2 Å². The van der Waals surface area contributed by atoms with Crippen molar-refractivity contribution in [3.05, 3.63) is 41.3 Å². The highest BCUT2D eigenvalue weighted by atomic mass is 79.9. The first kappa shape index (κ1) is 14.0. The molecule has 0 amide bonds. The number of hydrogen-bond acceptors (Lipinski definition) is 4. The molecular weight excluding hydrogens is 334 g/mol. The van der Waals surface area contributed by atoms with Gasteiger partial charge < -0.3 is 9.30 Å². The monoisotopic (exact) mass is 345 g/mol. The van der Waals surface area contributed by atoms with Gasteiger partial charge >= 0.3 is 0 Å². The summed E-state index contributed by atoms with van der Waals surface area (Å²) in [6, 6.07) is 7.44. The van der Waals surface area contributed by atoms with Gasteiger partial charge in [-0.25, -0.2) is 18.5 Å². The number of imidazole rings is 1. The highest BCUT2D eigenvalue weighted by Crippen LogP contribution is 2.16. The van der Waals surface area contributed by atoms with Crippen molar-refractivity contribution in [1.82, 2.24) is 9.55 Å². The zero-order valence-electron chi connectivity index (χ0n) is 9.86. The van der Waals surface area contributed by atoms with Gasteiger partial charge in [0.05, 0.1) is 12.9 Å². The van der Waals surface area contributed by atoms with Crippen LogP contribution in [0.4, 0.5) is 0 Å². The van der Waals surface area contributed by atoms with Gasteiger partial charge in [-0.05, 0) is 24.3 Å². The molecule has 6 nitrogen and oxygen atoms in total. The van der Waals surface area contributed by atoms with Crippen LogP contribution in [0, 0.1) is 0 Å². The van der Waals surface area contributed by atoms with E-state index in [1.165, 1.54) is 12.5 Å². The standard InChI is InChI=1S/C11H12BrN3O3S/c12-9-1-3-10(4-2-9)18-6-5-15-7-11(14-8-15)19(13,16)17/h1-4,7-8H,5-6H2,(H2,13,16,17). The Morgan fingerprint density at radius 3 is 2.58 bits per heavy atom. The third-order valence-corrected chi connectivity index (χ3v) is 3.66. The predicted molar refractivity (Wildman–Crippen MR) is 73.2 cm³/mol. The van der Waals surface area contributed by atoms with E-state index in [2.05, 4.69) is 20.9 Å². The summed E-state index contributed by atoms with van der Waals surface area (Å²) < 4.78 is 30.2. The molecule has 2 aromatic rings. The molecule has 1 aromatic heterocycles. The lowest BCUT2D eigenvalue weighted by Gasteiger charge is -2.06. The van der Waals surface area contributed by atoms with Crippen molar-refractivity contribution < 1.29 is 13.2 Å². The van der Waals surface area contributed by atoms with Gasteiger partial charge in [0.25, 0.3) is 10.0 Å². The van der Waals surface area contributed by atoms with Crippen molar-refractivity contribution in [2.45, 2.75) is 11.6 Å². The van der Waals surface area contributed by atoms with E-state index in [4.69, 9.17) is 9.88 Å². The zero-order valence-corrected chi connectivity index (χ0v) is 12.3. The minimum Gasteiger partial charge on any atom is -0.492 e. The topological polar surface area (TPSA) is 87.2 Å². The number of nitrogens with zero attached hydrogens (tertiary/aromatic N) is 2. The maximum Gasteiger partial charge on any atom is 0.257 e. The lowest BCUT2D eigenvalue weighted by molar-refractivity contribution is 0.298. The lowest BCUT2D eigenvalue weighted by Crippen LogP contribution is -2.12. The number of nitrogens with two attached hydrogens (primary N) is 1. The second-order valence-electron chi connectivity index (χ2n) is 3.80. The van der Waals surface area contributed by atoms with Crippen molar-refractivity contribution in [1.29, 1.82) is 0 Å². The highest BCUT2D eigenvalue weighted by molar-refractivity contribution is 9.10. The first-order chi connectivity index (χ1) is 8.95. The fourth-order valence-electron chi connectivity index (χ4n) is 1.41. The zero-order chi connectivity index (χ0) is 13.9. The van der Waals surface area contributed by atoms with Crippen LogP contribution in [-0.2, 0) is 16.6 Å². The summed E-state index contributed by atoms with van der Waals surface area (Å²) in [5, 5.41) is 4.82. The van der Waals surface area contributed by atoms with Gasteiger partial charge in [-0.1, -0.05) is 15.9 Å². The van der Waals surface area contributed by atoms with Gasteiger partial charge in [-0.3, -0.25) is 0 Å². The molecule has 0 unspecified atom stereocenters. The third kappa shape index (κ3) is 4.05. The average molecular weight is 346 g/mol. The molecule has 0 saturated carbocycles. The maximum atomic E-state index is 11.0. The van der Waals surface area contributed by atoms with Crippen molar-refractivity contribution in [3.8, 4) is 5.75 Å². The van der Waals surface area contributed by atoms with E-state index >= 15 is 0 Å². The predicted octanol–water partition coefficient (Wildman–Crippen LogP) is 1.37. The molecule has 0 radical (unpaired) electrons. The molecule has 0 spiro atoms. The quantitative estimate of drug-likeness (QED) is 0.886.